The number of pyridine rings is 1. The molecule has 0 bridgehead atoms. The molecular formula is C36H45N8O7+. The zero-order valence-electron chi connectivity index (χ0n) is 28.9. The van der Waals surface area contributed by atoms with E-state index >= 15 is 0 Å². The van der Waals surface area contributed by atoms with Crippen molar-refractivity contribution >= 4 is 52.1 Å². The number of carbonyl (C=O) groups is 6. The third-order valence-corrected chi connectivity index (χ3v) is 9.18. The lowest BCUT2D eigenvalue weighted by atomic mass is 9.98. The van der Waals surface area contributed by atoms with E-state index in [1.807, 2.05) is 65.5 Å². The van der Waals surface area contributed by atoms with Crippen LogP contribution in [-0.2, 0) is 41.7 Å². The summed E-state index contributed by atoms with van der Waals surface area (Å²) in [5.41, 5.74) is 2.53. The van der Waals surface area contributed by atoms with E-state index < -0.39 is 78.6 Å². The van der Waals surface area contributed by atoms with E-state index in [-0.39, 0.29) is 12.8 Å². The molecule has 1 aliphatic heterocycles. The highest BCUT2D eigenvalue weighted by atomic mass is 16.4. The largest absolute Gasteiger partial charge is 0.481 e. The van der Waals surface area contributed by atoms with Crippen molar-refractivity contribution < 1.29 is 38.3 Å². The topological polar surface area (TPSA) is 199 Å². The number of amides is 5. The maximum absolute atomic E-state index is 14.2. The minimum absolute atomic E-state index is 0.0109. The number of aliphatic carboxylic acids is 1. The van der Waals surface area contributed by atoms with Gasteiger partial charge in [-0.25, -0.2) is 8.97 Å². The number of carbonyl (C=O) groups excluding carboxylic acids is 5. The molecule has 0 saturated carbocycles. The number of hydrogen-bond donors (Lipinski definition) is 6. The van der Waals surface area contributed by atoms with Gasteiger partial charge in [-0.05, 0) is 42.9 Å². The van der Waals surface area contributed by atoms with Crippen molar-refractivity contribution in [3.05, 3.63) is 72.8 Å². The van der Waals surface area contributed by atoms with E-state index in [4.69, 9.17) is 0 Å². The maximum Gasteiger partial charge on any atom is 0.305 e. The SMILES string of the molecule is CC(C)[C@H]1C(=O)NC(CCCCn2cc[n+]3ccccc23)C(=O)NCC(=O)NC(CC(=O)O)C(=O)N[C@H](Cc2c[nH]c3ccccc23)C(=O)N1C. The highest BCUT2D eigenvalue weighted by molar-refractivity contribution is 5.98. The number of nitrogens with zero attached hydrogens (tertiary/aromatic N) is 3. The number of carboxylic acids is 1. The molecule has 2 unspecified atom stereocenters. The Morgan fingerprint density at radius 3 is 2.41 bits per heavy atom. The molecule has 1 aliphatic rings. The molecule has 4 heterocycles. The fourth-order valence-corrected chi connectivity index (χ4v) is 6.61. The Bertz CT molecular complexity index is 1920. The minimum Gasteiger partial charge on any atom is -0.481 e. The van der Waals surface area contributed by atoms with Gasteiger partial charge in [0.25, 0.3) is 5.65 Å². The number of nitrogens with one attached hydrogen (secondary N) is 5. The van der Waals surface area contributed by atoms with Crippen LogP contribution in [0, 0.1) is 5.92 Å². The number of aromatic nitrogens is 3. The summed E-state index contributed by atoms with van der Waals surface area (Å²) in [6.45, 7) is 3.65. The van der Waals surface area contributed by atoms with Crippen LogP contribution in [-0.4, -0.2) is 92.8 Å². The Kier molecular flexibility index (Phi) is 11.7. The molecule has 1 aromatic carbocycles. The van der Waals surface area contributed by atoms with Crippen molar-refractivity contribution in [3.8, 4) is 0 Å². The van der Waals surface area contributed by atoms with Gasteiger partial charge in [0.1, 0.15) is 36.6 Å². The van der Waals surface area contributed by atoms with Crippen LogP contribution in [0.4, 0.5) is 0 Å². The summed E-state index contributed by atoms with van der Waals surface area (Å²) >= 11 is 0. The summed E-state index contributed by atoms with van der Waals surface area (Å²) in [6.07, 6.45) is 8.33. The van der Waals surface area contributed by atoms with Gasteiger partial charge in [-0.2, -0.15) is 0 Å². The first-order valence-corrected chi connectivity index (χ1v) is 17.1. The quantitative estimate of drug-likeness (QED) is 0.103. The number of aromatic amines is 1. The second-order valence-corrected chi connectivity index (χ2v) is 13.2. The summed E-state index contributed by atoms with van der Waals surface area (Å²) in [5, 5.41) is 20.8. The predicted molar refractivity (Wildman–Crippen MR) is 186 cm³/mol. The van der Waals surface area contributed by atoms with Crippen molar-refractivity contribution in [3.63, 3.8) is 0 Å². The number of unbranched alkanes of at least 4 members (excludes halogenated alkanes) is 1. The number of rotatable bonds is 10. The number of likely N-dealkylation sites (N-methyl/N-ethyl adjacent to an activating group) is 1. The molecule has 0 radical (unpaired) electrons. The van der Waals surface area contributed by atoms with E-state index in [9.17, 15) is 33.9 Å². The number of fused-ring (bicyclic) bond motifs is 2. The van der Waals surface area contributed by atoms with Crippen LogP contribution >= 0.6 is 0 Å². The Labute approximate surface area is 294 Å². The Morgan fingerprint density at radius 1 is 0.902 bits per heavy atom. The lowest BCUT2D eigenvalue weighted by Crippen LogP contribution is -2.59. The summed E-state index contributed by atoms with van der Waals surface area (Å²) in [7, 11) is 1.46. The molecule has 3 aromatic heterocycles. The molecule has 0 aliphatic carbocycles. The van der Waals surface area contributed by atoms with E-state index in [0.29, 0.717) is 24.9 Å². The van der Waals surface area contributed by atoms with Crippen LogP contribution < -0.4 is 25.7 Å². The van der Waals surface area contributed by atoms with Crippen molar-refractivity contribution in [2.45, 2.75) is 76.7 Å². The van der Waals surface area contributed by atoms with E-state index in [1.165, 1.54) is 11.9 Å². The smallest absolute Gasteiger partial charge is 0.305 e. The van der Waals surface area contributed by atoms with E-state index in [1.54, 1.807) is 20.0 Å². The van der Waals surface area contributed by atoms with Crippen molar-refractivity contribution in [2.75, 3.05) is 13.6 Å². The highest BCUT2D eigenvalue weighted by Gasteiger charge is 2.37. The van der Waals surface area contributed by atoms with Gasteiger partial charge in [0.15, 0.2) is 0 Å². The molecule has 4 aromatic rings. The third kappa shape index (κ3) is 8.90. The predicted octanol–water partition coefficient (Wildman–Crippen LogP) is 0.663. The van der Waals surface area contributed by atoms with Gasteiger partial charge in [0.05, 0.1) is 25.7 Å². The van der Waals surface area contributed by atoms with Gasteiger partial charge >= 0.3 is 5.97 Å². The van der Waals surface area contributed by atoms with Crippen molar-refractivity contribution in [1.29, 1.82) is 0 Å². The number of para-hydroxylation sites is 1. The second kappa shape index (κ2) is 16.3. The number of carboxylic acid groups (broad SMARTS) is 1. The second-order valence-electron chi connectivity index (χ2n) is 13.2. The third-order valence-electron chi connectivity index (χ3n) is 9.18. The lowest BCUT2D eigenvalue weighted by Gasteiger charge is -2.34. The van der Waals surface area contributed by atoms with Gasteiger partial charge in [0, 0.05) is 36.6 Å². The number of aryl methyl sites for hydroxylation is 1. The first-order chi connectivity index (χ1) is 24.4. The van der Waals surface area contributed by atoms with Gasteiger partial charge in [-0.1, -0.05) is 38.1 Å². The molecule has 5 amide bonds. The molecule has 270 valence electrons. The maximum atomic E-state index is 14.2. The Hall–Kier alpha value is -5.73. The number of imidazole rings is 1. The molecule has 6 N–H and O–H groups in total. The van der Waals surface area contributed by atoms with Crippen molar-refractivity contribution in [2.24, 2.45) is 5.92 Å². The zero-order chi connectivity index (χ0) is 36.7. The molecular weight excluding hydrogens is 656 g/mol. The molecule has 5 rings (SSSR count). The summed E-state index contributed by atoms with van der Waals surface area (Å²) in [4.78, 5) is 84.3. The van der Waals surface area contributed by atoms with Gasteiger partial charge in [-0.3, -0.25) is 28.8 Å². The average Bonchev–Trinajstić information content (AvgIpc) is 3.70. The van der Waals surface area contributed by atoms with Gasteiger partial charge in [0.2, 0.25) is 29.5 Å². The van der Waals surface area contributed by atoms with Crippen molar-refractivity contribution in [1.82, 2.24) is 35.7 Å². The number of H-pyrrole nitrogens is 1. The van der Waals surface area contributed by atoms with Crippen LogP contribution in [0.1, 0.15) is 45.1 Å². The van der Waals surface area contributed by atoms with E-state index in [0.717, 1.165) is 16.6 Å². The van der Waals surface area contributed by atoms with Crippen LogP contribution in [0.15, 0.2) is 67.3 Å². The van der Waals surface area contributed by atoms with Crippen LogP contribution in [0.25, 0.3) is 16.6 Å². The minimum atomic E-state index is -1.54. The first-order valence-electron chi connectivity index (χ1n) is 17.1. The zero-order valence-corrected chi connectivity index (χ0v) is 28.9. The summed E-state index contributed by atoms with van der Waals surface area (Å²) in [6, 6.07) is 8.48. The molecule has 4 atom stereocenters. The molecule has 0 spiro atoms. The van der Waals surface area contributed by atoms with Crippen LogP contribution in [0.2, 0.25) is 0 Å². The number of benzene rings is 1. The van der Waals surface area contributed by atoms with Gasteiger partial charge < -0.3 is 36.3 Å². The van der Waals surface area contributed by atoms with Crippen LogP contribution in [0.3, 0.4) is 0 Å². The molecule has 15 heteroatoms. The van der Waals surface area contributed by atoms with Gasteiger partial charge in [-0.15, -0.1) is 0 Å². The normalized spacial score (nSPS) is 21.2. The fraction of sp³-hybridized carbons (Fsp3) is 0.417. The van der Waals surface area contributed by atoms with E-state index in [2.05, 4.69) is 30.8 Å². The average molecular weight is 702 g/mol. The Morgan fingerprint density at radius 2 is 1.65 bits per heavy atom. The fourth-order valence-electron chi connectivity index (χ4n) is 6.61. The molecule has 1 saturated heterocycles. The molecule has 1 fully saturated rings. The first kappa shape index (κ1) is 36.5. The van der Waals surface area contributed by atoms with Crippen LogP contribution in [0.5, 0.6) is 0 Å². The monoisotopic (exact) mass is 701 g/mol. The Balaban J connectivity index is 1.40. The summed E-state index contributed by atoms with van der Waals surface area (Å²) < 4.78 is 4.09. The summed E-state index contributed by atoms with van der Waals surface area (Å²) in [5.74, 6) is -5.23. The lowest BCUT2D eigenvalue weighted by molar-refractivity contribution is -0.510. The number of hydrogen-bond acceptors (Lipinski definition) is 6. The standard InChI is InChI=1S/C36H44N8O7/c1-22(2)32-35(50)40-26(12-6-8-14-43-16-17-44-15-9-7-13-30(43)44)33(48)38-21-29(45)39-27(19-31(46)47)34(49)41-28(36(51)42(32)3)18-23-20-37-25-11-5-4-10-24(23)25/h4-5,7,9-11,13,15-17,20,22,26-28,32,37H,6,8,12,14,18-19,21H2,1-3H3,(H4-,38,39,40,41,45,46,47,48,49,50)/p+1/t26?,27?,28-,32+/m1/s1. The molecule has 51 heavy (non-hydrogen) atoms. The highest BCUT2D eigenvalue weighted by Crippen LogP contribution is 2.21. The molecule has 15 nitrogen and oxygen atoms in total.